The number of carbonyl (C=O) groups excluding carboxylic acids is 1. The van der Waals surface area contributed by atoms with Crippen LogP contribution in [0, 0.1) is 5.82 Å². The van der Waals surface area contributed by atoms with Gasteiger partial charge in [-0.25, -0.2) is 9.37 Å². The van der Waals surface area contributed by atoms with Gasteiger partial charge >= 0.3 is 0 Å². The van der Waals surface area contributed by atoms with E-state index in [2.05, 4.69) is 26.2 Å². The Morgan fingerprint density at radius 1 is 1.40 bits per heavy atom. The topological polar surface area (TPSA) is 46.9 Å². The molecule has 0 aliphatic heterocycles. The van der Waals surface area contributed by atoms with Gasteiger partial charge in [-0.15, -0.1) is 0 Å². The minimum atomic E-state index is -0.373. The molecular weight excluding hydrogens is 325 g/mol. The van der Waals surface area contributed by atoms with Crippen molar-refractivity contribution in [2.24, 2.45) is 0 Å². The molecule has 1 amide bonds. The molecule has 106 valence electrons. The van der Waals surface area contributed by atoms with E-state index in [0.29, 0.717) is 16.6 Å². The monoisotopic (exact) mass is 339 g/mol. The summed E-state index contributed by atoms with van der Waals surface area (Å²) in [7, 11) is 0. The average Bonchev–Trinajstić information content (AvgIpc) is 2.94. The second-order valence-corrected chi connectivity index (χ2v) is 5.25. The number of nitrogens with zero attached hydrogens (tertiary/aromatic N) is 2. The average molecular weight is 340 g/mol. The molecule has 1 N–H and O–H groups in total. The van der Waals surface area contributed by atoms with Crippen LogP contribution in [0.4, 0.5) is 4.39 Å². The van der Waals surface area contributed by atoms with Crippen LogP contribution in [0.25, 0.3) is 0 Å². The van der Waals surface area contributed by atoms with E-state index in [9.17, 15) is 9.18 Å². The molecule has 0 atom stereocenters. The van der Waals surface area contributed by atoms with Gasteiger partial charge in [0.05, 0.1) is 10.8 Å². The number of carbonyl (C=O) groups is 1. The molecule has 0 spiro atoms. The van der Waals surface area contributed by atoms with Gasteiger partial charge in [-0.1, -0.05) is 0 Å². The lowest BCUT2D eigenvalue weighted by Gasteiger charge is -2.06. The Bertz CT molecular complexity index is 572. The molecule has 0 unspecified atom stereocenters. The molecule has 0 saturated heterocycles. The fraction of sp³-hybridized carbons (Fsp3) is 0.286. The number of imidazole rings is 1. The molecule has 0 saturated carbocycles. The van der Waals surface area contributed by atoms with Gasteiger partial charge in [0.15, 0.2) is 0 Å². The van der Waals surface area contributed by atoms with Gasteiger partial charge in [-0.3, -0.25) is 4.79 Å². The molecule has 6 heteroatoms. The quantitative estimate of drug-likeness (QED) is 0.822. The highest BCUT2D eigenvalue weighted by Crippen LogP contribution is 2.16. The van der Waals surface area contributed by atoms with Crippen LogP contribution in [-0.4, -0.2) is 22.0 Å². The van der Waals surface area contributed by atoms with Crippen molar-refractivity contribution in [2.75, 3.05) is 6.54 Å². The number of aryl methyl sites for hydroxylation is 1. The summed E-state index contributed by atoms with van der Waals surface area (Å²) in [5.74, 6) is -0.560. The fourth-order valence-electron chi connectivity index (χ4n) is 1.78. The summed E-state index contributed by atoms with van der Waals surface area (Å²) >= 11 is 3.07. The normalized spacial score (nSPS) is 10.5. The van der Waals surface area contributed by atoms with E-state index in [1.165, 1.54) is 18.2 Å². The summed E-state index contributed by atoms with van der Waals surface area (Å²) in [6.07, 6.45) is 7.27. The Hall–Kier alpha value is -1.69. The van der Waals surface area contributed by atoms with E-state index >= 15 is 0 Å². The van der Waals surface area contributed by atoms with E-state index in [1.807, 2.05) is 10.8 Å². The summed E-state index contributed by atoms with van der Waals surface area (Å²) in [5.41, 5.74) is 0.452. The first-order valence-corrected chi connectivity index (χ1v) is 7.15. The molecule has 2 rings (SSSR count). The van der Waals surface area contributed by atoms with E-state index in [-0.39, 0.29) is 11.7 Å². The number of nitrogens with one attached hydrogen (secondary N) is 1. The highest BCUT2D eigenvalue weighted by Gasteiger charge is 2.07. The first-order chi connectivity index (χ1) is 9.66. The Labute approximate surface area is 125 Å². The number of rotatable bonds is 6. The first kappa shape index (κ1) is 14.7. The molecular formula is C14H15BrFN3O. The minimum Gasteiger partial charge on any atom is -0.352 e. The lowest BCUT2D eigenvalue weighted by atomic mass is 10.2. The Balaban J connectivity index is 1.70. The highest BCUT2D eigenvalue weighted by atomic mass is 79.9. The SMILES string of the molecule is O=C(NCCCCn1ccnc1)c1ccc(F)c(Br)c1. The van der Waals surface area contributed by atoms with E-state index in [1.54, 1.807) is 12.5 Å². The second kappa shape index (κ2) is 7.19. The Kier molecular flexibility index (Phi) is 5.29. The molecule has 1 aromatic heterocycles. The zero-order valence-corrected chi connectivity index (χ0v) is 12.4. The maximum absolute atomic E-state index is 13.1. The maximum Gasteiger partial charge on any atom is 0.251 e. The molecule has 0 aliphatic carbocycles. The second-order valence-electron chi connectivity index (χ2n) is 4.39. The van der Waals surface area contributed by atoms with Crippen LogP contribution >= 0.6 is 15.9 Å². The van der Waals surface area contributed by atoms with Gasteiger partial charge < -0.3 is 9.88 Å². The van der Waals surface area contributed by atoms with Crippen LogP contribution in [0.5, 0.6) is 0 Å². The van der Waals surface area contributed by atoms with Gasteiger partial charge in [0.2, 0.25) is 0 Å². The van der Waals surface area contributed by atoms with Gasteiger partial charge in [-0.05, 0) is 47.0 Å². The summed E-state index contributed by atoms with van der Waals surface area (Å²) in [5, 5.41) is 2.82. The molecule has 0 aliphatic rings. The van der Waals surface area contributed by atoms with Crippen LogP contribution in [0.2, 0.25) is 0 Å². The van der Waals surface area contributed by atoms with Crippen LogP contribution < -0.4 is 5.32 Å². The molecule has 1 aromatic carbocycles. The molecule has 0 radical (unpaired) electrons. The number of hydrogen-bond acceptors (Lipinski definition) is 2. The zero-order valence-electron chi connectivity index (χ0n) is 10.9. The maximum atomic E-state index is 13.1. The first-order valence-electron chi connectivity index (χ1n) is 6.36. The van der Waals surface area contributed by atoms with Crippen molar-refractivity contribution < 1.29 is 9.18 Å². The molecule has 0 bridgehead atoms. The minimum absolute atomic E-state index is 0.187. The van der Waals surface area contributed by atoms with Crippen molar-refractivity contribution in [3.63, 3.8) is 0 Å². The van der Waals surface area contributed by atoms with Crippen LogP contribution in [0.1, 0.15) is 23.2 Å². The summed E-state index contributed by atoms with van der Waals surface area (Å²) in [6, 6.07) is 4.23. The van der Waals surface area contributed by atoms with Crippen molar-refractivity contribution in [1.82, 2.24) is 14.9 Å². The number of benzene rings is 1. The number of hydrogen-bond donors (Lipinski definition) is 1. The number of halogens is 2. The Morgan fingerprint density at radius 2 is 2.25 bits per heavy atom. The lowest BCUT2D eigenvalue weighted by Crippen LogP contribution is -2.24. The summed E-state index contributed by atoms with van der Waals surface area (Å²) < 4.78 is 15.4. The van der Waals surface area contributed by atoms with E-state index in [0.717, 1.165) is 19.4 Å². The largest absolute Gasteiger partial charge is 0.352 e. The van der Waals surface area contributed by atoms with Crippen LogP contribution in [0.15, 0.2) is 41.4 Å². The van der Waals surface area contributed by atoms with Crippen molar-refractivity contribution in [3.05, 3.63) is 52.8 Å². The summed E-state index contributed by atoms with van der Waals surface area (Å²) in [4.78, 5) is 15.8. The third kappa shape index (κ3) is 4.16. The summed E-state index contributed by atoms with van der Waals surface area (Å²) in [6.45, 7) is 1.49. The van der Waals surface area contributed by atoms with E-state index in [4.69, 9.17) is 0 Å². The molecule has 4 nitrogen and oxygen atoms in total. The van der Waals surface area contributed by atoms with Gasteiger partial charge in [-0.2, -0.15) is 0 Å². The van der Waals surface area contributed by atoms with Gasteiger partial charge in [0.25, 0.3) is 5.91 Å². The third-order valence-electron chi connectivity index (χ3n) is 2.87. The number of aromatic nitrogens is 2. The van der Waals surface area contributed by atoms with Gasteiger partial charge in [0, 0.05) is 31.0 Å². The third-order valence-corrected chi connectivity index (χ3v) is 3.48. The van der Waals surface area contributed by atoms with Crippen molar-refractivity contribution >= 4 is 21.8 Å². The van der Waals surface area contributed by atoms with Crippen LogP contribution in [-0.2, 0) is 6.54 Å². The molecule has 1 heterocycles. The van der Waals surface area contributed by atoms with E-state index < -0.39 is 0 Å². The van der Waals surface area contributed by atoms with Crippen molar-refractivity contribution in [2.45, 2.75) is 19.4 Å². The molecule has 2 aromatic rings. The van der Waals surface area contributed by atoms with Crippen molar-refractivity contribution in [3.8, 4) is 0 Å². The van der Waals surface area contributed by atoms with Crippen LogP contribution in [0.3, 0.4) is 0 Å². The predicted molar refractivity (Wildman–Crippen MR) is 77.9 cm³/mol. The number of amides is 1. The zero-order chi connectivity index (χ0) is 14.4. The standard InChI is InChI=1S/C14H15BrFN3O/c15-12-9-11(3-4-13(12)16)14(20)18-5-1-2-7-19-8-6-17-10-19/h3-4,6,8-10H,1-2,5,7H2,(H,18,20). The number of unbranched alkanes of at least 4 members (excludes halogenated alkanes) is 1. The molecule has 0 fully saturated rings. The lowest BCUT2D eigenvalue weighted by molar-refractivity contribution is 0.0952. The van der Waals surface area contributed by atoms with Crippen molar-refractivity contribution in [1.29, 1.82) is 0 Å². The predicted octanol–water partition coefficient (Wildman–Crippen LogP) is 2.99. The molecule has 20 heavy (non-hydrogen) atoms. The smallest absolute Gasteiger partial charge is 0.251 e. The van der Waals surface area contributed by atoms with Gasteiger partial charge in [0.1, 0.15) is 5.82 Å². The Morgan fingerprint density at radius 3 is 2.95 bits per heavy atom. The fourth-order valence-corrected chi connectivity index (χ4v) is 2.16. The highest BCUT2D eigenvalue weighted by molar-refractivity contribution is 9.10.